The molecule has 0 spiro atoms. The highest BCUT2D eigenvalue weighted by atomic mass is 35.5. The molecule has 22 heavy (non-hydrogen) atoms. The Balaban J connectivity index is 1.93. The Kier molecular flexibility index (Phi) is 4.71. The molecule has 0 amide bonds. The van der Waals surface area contributed by atoms with E-state index < -0.39 is 10.0 Å². The first-order valence-corrected chi connectivity index (χ1v) is 9.88. The second kappa shape index (κ2) is 6.42. The fourth-order valence-electron chi connectivity index (χ4n) is 2.38. The number of nitrogens with one attached hydrogen (secondary N) is 1. The van der Waals surface area contributed by atoms with E-state index in [1.807, 2.05) is 18.2 Å². The van der Waals surface area contributed by atoms with Gasteiger partial charge in [0.1, 0.15) is 0 Å². The van der Waals surface area contributed by atoms with Gasteiger partial charge in [0.25, 0.3) is 0 Å². The number of hydrogen-bond acceptors (Lipinski definition) is 3. The van der Waals surface area contributed by atoms with Crippen LogP contribution in [0, 0.1) is 0 Å². The maximum absolute atomic E-state index is 12.5. The molecular formula is C15H13Cl2NO2S2. The van der Waals surface area contributed by atoms with E-state index in [-0.39, 0.29) is 10.9 Å². The van der Waals surface area contributed by atoms with Crippen LogP contribution < -0.4 is 4.72 Å². The van der Waals surface area contributed by atoms with Crippen molar-refractivity contribution in [1.82, 2.24) is 4.72 Å². The number of benzene rings is 2. The maximum Gasteiger partial charge on any atom is 0.241 e. The molecule has 0 saturated carbocycles. The Hall–Kier alpha value is -0.720. The smallest absolute Gasteiger partial charge is 0.207 e. The van der Waals surface area contributed by atoms with E-state index in [2.05, 4.69) is 4.72 Å². The van der Waals surface area contributed by atoms with Crippen LogP contribution in [0.1, 0.15) is 18.0 Å². The average molecular weight is 374 g/mol. The van der Waals surface area contributed by atoms with Gasteiger partial charge in [-0.3, -0.25) is 0 Å². The fraction of sp³-hybridized carbons (Fsp3) is 0.200. The minimum atomic E-state index is -3.62. The van der Waals surface area contributed by atoms with Crippen molar-refractivity contribution in [2.75, 3.05) is 5.75 Å². The summed E-state index contributed by atoms with van der Waals surface area (Å²) in [5.74, 6) is 0.858. The fourth-order valence-corrected chi connectivity index (χ4v) is 5.21. The molecule has 0 fully saturated rings. The van der Waals surface area contributed by atoms with Gasteiger partial charge in [-0.1, -0.05) is 29.3 Å². The summed E-state index contributed by atoms with van der Waals surface area (Å²) in [5.41, 5.74) is 0.925. The number of rotatable bonds is 3. The zero-order valence-electron chi connectivity index (χ0n) is 11.4. The first-order chi connectivity index (χ1) is 10.5. The third-order valence-corrected chi connectivity index (χ3v) is 6.48. The van der Waals surface area contributed by atoms with Gasteiger partial charge < -0.3 is 0 Å². The van der Waals surface area contributed by atoms with Crippen molar-refractivity contribution in [3.05, 3.63) is 58.1 Å². The lowest BCUT2D eigenvalue weighted by Crippen LogP contribution is -2.30. The lowest BCUT2D eigenvalue weighted by molar-refractivity contribution is 0.546. The summed E-state index contributed by atoms with van der Waals surface area (Å²) in [7, 11) is -3.62. The van der Waals surface area contributed by atoms with Gasteiger partial charge in [0.2, 0.25) is 10.0 Å². The SMILES string of the molecule is O=S(=O)(NC1CCSc2ccc(Cl)cc21)c1cccc(Cl)c1. The topological polar surface area (TPSA) is 46.2 Å². The Labute approximate surface area is 144 Å². The van der Waals surface area contributed by atoms with Crippen LogP contribution >= 0.6 is 35.0 Å². The molecule has 1 N–H and O–H groups in total. The molecule has 1 atom stereocenters. The Morgan fingerprint density at radius 1 is 1.09 bits per heavy atom. The van der Waals surface area contributed by atoms with E-state index in [4.69, 9.17) is 23.2 Å². The molecule has 0 aliphatic carbocycles. The average Bonchev–Trinajstić information content (AvgIpc) is 2.48. The first kappa shape index (κ1) is 16.1. The van der Waals surface area contributed by atoms with E-state index >= 15 is 0 Å². The molecule has 2 aromatic carbocycles. The summed E-state index contributed by atoms with van der Waals surface area (Å²) in [6.45, 7) is 0. The minimum absolute atomic E-state index is 0.168. The van der Waals surface area contributed by atoms with Crippen molar-refractivity contribution in [2.24, 2.45) is 0 Å². The van der Waals surface area contributed by atoms with Gasteiger partial charge in [0.15, 0.2) is 0 Å². The van der Waals surface area contributed by atoms with Crippen LogP contribution in [0.15, 0.2) is 52.3 Å². The lowest BCUT2D eigenvalue weighted by Gasteiger charge is -2.26. The largest absolute Gasteiger partial charge is 0.241 e. The number of fused-ring (bicyclic) bond motifs is 1. The minimum Gasteiger partial charge on any atom is -0.207 e. The normalized spacial score (nSPS) is 18.0. The molecule has 3 rings (SSSR count). The molecule has 0 bridgehead atoms. The summed E-state index contributed by atoms with van der Waals surface area (Å²) >= 11 is 13.6. The zero-order valence-corrected chi connectivity index (χ0v) is 14.6. The van der Waals surface area contributed by atoms with Crippen LogP contribution in [0.2, 0.25) is 10.0 Å². The molecule has 1 aliphatic heterocycles. The number of halogens is 2. The van der Waals surface area contributed by atoms with Crippen LogP contribution in [0.5, 0.6) is 0 Å². The van der Waals surface area contributed by atoms with Crippen molar-refractivity contribution >= 4 is 45.0 Å². The molecule has 2 aromatic rings. The van der Waals surface area contributed by atoms with Crippen LogP contribution in [-0.2, 0) is 10.0 Å². The highest BCUT2D eigenvalue weighted by Crippen LogP contribution is 2.38. The van der Waals surface area contributed by atoms with Crippen molar-refractivity contribution < 1.29 is 8.42 Å². The molecule has 1 aliphatic rings. The standard InChI is InChI=1S/C15H13Cl2NO2S2/c16-10-2-1-3-12(8-10)22(19,20)18-14-6-7-21-15-5-4-11(17)9-13(14)15/h1-5,8-9,14,18H,6-7H2. The van der Waals surface area contributed by atoms with Gasteiger partial charge in [-0.15, -0.1) is 11.8 Å². The van der Waals surface area contributed by atoms with Crippen LogP contribution in [0.25, 0.3) is 0 Å². The summed E-state index contributed by atoms with van der Waals surface area (Å²) in [6.07, 6.45) is 0.720. The summed E-state index contributed by atoms with van der Waals surface area (Å²) < 4.78 is 27.8. The quantitative estimate of drug-likeness (QED) is 0.860. The second-order valence-electron chi connectivity index (χ2n) is 4.95. The highest BCUT2D eigenvalue weighted by Gasteiger charge is 2.26. The van der Waals surface area contributed by atoms with Crippen molar-refractivity contribution in [1.29, 1.82) is 0 Å². The van der Waals surface area contributed by atoms with Gasteiger partial charge >= 0.3 is 0 Å². The van der Waals surface area contributed by atoms with Crippen LogP contribution in [0.3, 0.4) is 0 Å². The predicted octanol–water partition coefficient (Wildman–Crippen LogP) is 4.51. The number of thioether (sulfide) groups is 1. The summed E-state index contributed by atoms with van der Waals surface area (Å²) in [6, 6.07) is 11.5. The Morgan fingerprint density at radius 2 is 1.86 bits per heavy atom. The van der Waals surface area contributed by atoms with E-state index in [0.717, 1.165) is 22.6 Å². The third-order valence-electron chi connectivity index (χ3n) is 3.42. The molecule has 1 unspecified atom stereocenters. The molecule has 1 heterocycles. The molecule has 3 nitrogen and oxygen atoms in total. The van der Waals surface area contributed by atoms with E-state index in [1.165, 1.54) is 12.1 Å². The van der Waals surface area contributed by atoms with E-state index in [0.29, 0.717) is 10.0 Å². The Morgan fingerprint density at radius 3 is 2.64 bits per heavy atom. The molecule has 7 heteroatoms. The van der Waals surface area contributed by atoms with Crippen molar-refractivity contribution in [3.8, 4) is 0 Å². The monoisotopic (exact) mass is 373 g/mol. The van der Waals surface area contributed by atoms with Crippen molar-refractivity contribution in [3.63, 3.8) is 0 Å². The Bertz CT molecular complexity index is 809. The van der Waals surface area contributed by atoms with Crippen LogP contribution in [0.4, 0.5) is 0 Å². The first-order valence-electron chi connectivity index (χ1n) is 6.66. The summed E-state index contributed by atoms with van der Waals surface area (Å²) in [5, 5.41) is 0.999. The lowest BCUT2D eigenvalue weighted by atomic mass is 10.1. The van der Waals surface area contributed by atoms with Gasteiger partial charge in [0, 0.05) is 21.0 Å². The highest BCUT2D eigenvalue weighted by molar-refractivity contribution is 7.99. The second-order valence-corrected chi connectivity index (χ2v) is 8.67. The molecule has 0 aromatic heterocycles. The molecule has 116 valence electrons. The number of sulfonamides is 1. The van der Waals surface area contributed by atoms with E-state index in [9.17, 15) is 8.42 Å². The predicted molar refractivity (Wildman–Crippen MR) is 91.3 cm³/mol. The van der Waals surface area contributed by atoms with E-state index in [1.54, 1.807) is 23.9 Å². The maximum atomic E-state index is 12.5. The molecule has 0 radical (unpaired) electrons. The molecular weight excluding hydrogens is 361 g/mol. The van der Waals surface area contributed by atoms with Gasteiger partial charge in [-0.2, -0.15) is 0 Å². The van der Waals surface area contributed by atoms with Gasteiger partial charge in [-0.25, -0.2) is 13.1 Å². The zero-order chi connectivity index (χ0) is 15.7. The van der Waals surface area contributed by atoms with Gasteiger partial charge in [0.05, 0.1) is 4.90 Å². The summed E-state index contributed by atoms with van der Waals surface area (Å²) in [4.78, 5) is 1.23. The van der Waals surface area contributed by atoms with Gasteiger partial charge in [-0.05, 0) is 54.1 Å². The molecule has 0 saturated heterocycles. The third kappa shape index (κ3) is 3.44. The van der Waals surface area contributed by atoms with Crippen LogP contribution in [-0.4, -0.2) is 14.2 Å². The number of hydrogen-bond donors (Lipinski definition) is 1. The van der Waals surface area contributed by atoms with Crippen molar-refractivity contribution in [2.45, 2.75) is 22.3 Å².